The van der Waals surface area contributed by atoms with Crippen LogP contribution in [0.3, 0.4) is 0 Å². The number of piperidine rings is 1. The number of amides is 1. The van der Waals surface area contributed by atoms with Gasteiger partial charge in [-0.2, -0.15) is 0 Å². The average Bonchev–Trinajstić information content (AvgIpc) is 2.78. The fraction of sp³-hybridized carbons (Fsp3) is 0.458. The minimum Gasteiger partial charge on any atom is -0.396 e. The molecule has 1 amide bonds. The lowest BCUT2D eigenvalue weighted by Crippen LogP contribution is -2.51. The molecule has 156 valence electrons. The van der Waals surface area contributed by atoms with E-state index in [1.165, 1.54) is 5.56 Å². The molecule has 0 spiro atoms. The number of carbonyl (C=O) groups is 1. The van der Waals surface area contributed by atoms with Crippen LogP contribution in [0.25, 0.3) is 0 Å². The summed E-state index contributed by atoms with van der Waals surface area (Å²) in [7, 11) is 0. The summed E-state index contributed by atoms with van der Waals surface area (Å²) < 4.78 is 0. The van der Waals surface area contributed by atoms with E-state index in [1.807, 2.05) is 36.4 Å². The molecular weight excluding hydrogens is 364 g/mol. The molecule has 1 aliphatic heterocycles. The molecule has 1 saturated heterocycles. The van der Waals surface area contributed by atoms with Gasteiger partial charge in [0.15, 0.2) is 0 Å². The van der Waals surface area contributed by atoms with E-state index in [0.29, 0.717) is 6.42 Å². The molecule has 0 aromatic heterocycles. The van der Waals surface area contributed by atoms with Gasteiger partial charge in [-0.1, -0.05) is 48.5 Å². The monoisotopic (exact) mass is 396 g/mol. The van der Waals surface area contributed by atoms with Gasteiger partial charge in [0.1, 0.15) is 6.10 Å². The van der Waals surface area contributed by atoms with E-state index in [4.69, 9.17) is 5.11 Å². The Morgan fingerprint density at radius 3 is 2.28 bits per heavy atom. The lowest BCUT2D eigenvalue weighted by Gasteiger charge is -2.39. The molecule has 1 heterocycles. The fourth-order valence-electron chi connectivity index (χ4n) is 4.01. The molecule has 0 saturated carbocycles. The Kier molecular flexibility index (Phi) is 8.23. The maximum Gasteiger partial charge on any atom is 0.256 e. The Labute approximate surface area is 173 Å². The number of likely N-dealkylation sites (tertiary alicyclic amines) is 1. The van der Waals surface area contributed by atoms with E-state index < -0.39 is 6.10 Å². The normalized spacial score (nSPS) is 16.5. The highest BCUT2D eigenvalue weighted by atomic mass is 16.3. The summed E-state index contributed by atoms with van der Waals surface area (Å²) in [6.45, 7) is 2.90. The van der Waals surface area contributed by atoms with Crippen molar-refractivity contribution in [3.8, 4) is 0 Å². The van der Waals surface area contributed by atoms with E-state index in [-0.39, 0.29) is 25.0 Å². The van der Waals surface area contributed by atoms with Gasteiger partial charge < -0.3 is 20.0 Å². The molecule has 1 unspecified atom stereocenters. The molecule has 1 fully saturated rings. The van der Waals surface area contributed by atoms with Crippen LogP contribution in [0.1, 0.15) is 31.2 Å². The quantitative estimate of drug-likeness (QED) is 0.684. The first-order valence-electron chi connectivity index (χ1n) is 10.6. The SMILES string of the molecule is O=C(C(O)CCCO)N(c1ccccc1)C1CCN(CCc2ccccc2)CC1. The third kappa shape index (κ3) is 6.13. The molecule has 2 aromatic rings. The molecule has 3 rings (SSSR count). The molecule has 2 N–H and O–H groups in total. The minimum atomic E-state index is -1.07. The Hall–Kier alpha value is -2.21. The lowest BCUT2D eigenvalue weighted by molar-refractivity contribution is -0.127. The third-order valence-corrected chi connectivity index (χ3v) is 5.67. The first kappa shape index (κ1) is 21.5. The third-order valence-electron chi connectivity index (χ3n) is 5.67. The fourth-order valence-corrected chi connectivity index (χ4v) is 4.01. The van der Waals surface area contributed by atoms with Gasteiger partial charge in [0.25, 0.3) is 5.91 Å². The number of hydrogen-bond acceptors (Lipinski definition) is 4. The summed E-state index contributed by atoms with van der Waals surface area (Å²) >= 11 is 0. The van der Waals surface area contributed by atoms with E-state index in [0.717, 1.165) is 44.6 Å². The number of aliphatic hydroxyl groups excluding tert-OH is 2. The summed E-state index contributed by atoms with van der Waals surface area (Å²) in [5.74, 6) is -0.257. The van der Waals surface area contributed by atoms with E-state index in [9.17, 15) is 9.90 Å². The molecule has 0 radical (unpaired) electrons. The first-order valence-corrected chi connectivity index (χ1v) is 10.6. The standard InChI is InChI=1S/C24H32N2O3/c27-19-7-12-23(28)24(29)26(21-10-5-2-6-11-21)22-14-17-25(18-15-22)16-13-20-8-3-1-4-9-20/h1-6,8-11,22-23,27-28H,7,12-19H2. The Balaban J connectivity index is 1.61. The van der Waals surface area contributed by atoms with Crippen LogP contribution in [-0.4, -0.2) is 59.4 Å². The van der Waals surface area contributed by atoms with Gasteiger partial charge in [0, 0.05) is 38.0 Å². The number of rotatable bonds is 9. The summed E-state index contributed by atoms with van der Waals surface area (Å²) in [5, 5.41) is 19.4. The lowest BCUT2D eigenvalue weighted by atomic mass is 10.00. The number of hydrogen-bond donors (Lipinski definition) is 2. The van der Waals surface area contributed by atoms with Gasteiger partial charge in [-0.3, -0.25) is 4.79 Å². The number of anilines is 1. The molecular formula is C24H32N2O3. The molecule has 0 bridgehead atoms. The van der Waals surface area contributed by atoms with E-state index in [2.05, 4.69) is 29.2 Å². The summed E-state index contributed by atoms with van der Waals surface area (Å²) in [6, 6.07) is 20.2. The number of nitrogens with zero attached hydrogens (tertiary/aromatic N) is 2. The minimum absolute atomic E-state index is 0.0184. The second-order valence-corrected chi connectivity index (χ2v) is 7.73. The van der Waals surface area contributed by atoms with Crippen LogP contribution < -0.4 is 4.90 Å². The van der Waals surface area contributed by atoms with Crippen molar-refractivity contribution in [2.24, 2.45) is 0 Å². The van der Waals surface area contributed by atoms with Gasteiger partial charge in [-0.25, -0.2) is 0 Å². The Bertz CT molecular complexity index is 730. The van der Waals surface area contributed by atoms with E-state index >= 15 is 0 Å². The van der Waals surface area contributed by atoms with Crippen molar-refractivity contribution >= 4 is 11.6 Å². The summed E-state index contributed by atoms with van der Waals surface area (Å²) in [6.07, 6.45) is 2.46. The molecule has 1 atom stereocenters. The molecule has 1 aliphatic rings. The van der Waals surface area contributed by atoms with Crippen molar-refractivity contribution in [1.82, 2.24) is 4.90 Å². The van der Waals surface area contributed by atoms with Crippen molar-refractivity contribution in [3.05, 3.63) is 66.2 Å². The van der Waals surface area contributed by atoms with Crippen LogP contribution in [0.15, 0.2) is 60.7 Å². The van der Waals surface area contributed by atoms with Crippen molar-refractivity contribution in [2.45, 2.75) is 44.2 Å². The highest BCUT2D eigenvalue weighted by Gasteiger charge is 2.32. The molecule has 0 aliphatic carbocycles. The zero-order chi connectivity index (χ0) is 20.5. The first-order chi connectivity index (χ1) is 14.2. The smallest absolute Gasteiger partial charge is 0.256 e. The highest BCUT2D eigenvalue weighted by molar-refractivity contribution is 5.97. The number of aliphatic hydroxyl groups is 2. The number of carbonyl (C=O) groups excluding carboxylic acids is 1. The maximum atomic E-state index is 13.0. The van der Waals surface area contributed by atoms with Crippen molar-refractivity contribution in [3.63, 3.8) is 0 Å². The Morgan fingerprint density at radius 2 is 1.66 bits per heavy atom. The van der Waals surface area contributed by atoms with Crippen LogP contribution >= 0.6 is 0 Å². The maximum absolute atomic E-state index is 13.0. The van der Waals surface area contributed by atoms with Gasteiger partial charge in [0.05, 0.1) is 0 Å². The predicted octanol–water partition coefficient (Wildman–Crippen LogP) is 2.86. The topological polar surface area (TPSA) is 64.0 Å². The van der Waals surface area contributed by atoms with Crippen LogP contribution in [0, 0.1) is 0 Å². The number of para-hydroxylation sites is 1. The predicted molar refractivity (Wildman–Crippen MR) is 116 cm³/mol. The second-order valence-electron chi connectivity index (χ2n) is 7.73. The van der Waals surface area contributed by atoms with Gasteiger partial charge in [0.2, 0.25) is 0 Å². The zero-order valence-electron chi connectivity index (χ0n) is 17.0. The van der Waals surface area contributed by atoms with Crippen LogP contribution in [0.5, 0.6) is 0 Å². The molecule has 5 nitrogen and oxygen atoms in total. The van der Waals surface area contributed by atoms with Crippen molar-refractivity contribution in [2.75, 3.05) is 31.1 Å². The average molecular weight is 397 g/mol. The van der Waals surface area contributed by atoms with Crippen LogP contribution in [0.4, 0.5) is 5.69 Å². The Morgan fingerprint density at radius 1 is 1.03 bits per heavy atom. The second kappa shape index (κ2) is 11.1. The van der Waals surface area contributed by atoms with Gasteiger partial charge in [-0.15, -0.1) is 0 Å². The van der Waals surface area contributed by atoms with Crippen LogP contribution in [-0.2, 0) is 11.2 Å². The summed E-state index contributed by atoms with van der Waals surface area (Å²) in [4.78, 5) is 17.3. The van der Waals surface area contributed by atoms with Gasteiger partial charge in [-0.05, 0) is 49.8 Å². The summed E-state index contributed by atoms with van der Waals surface area (Å²) in [5.41, 5.74) is 2.19. The molecule has 2 aromatic carbocycles. The molecule has 5 heteroatoms. The zero-order valence-corrected chi connectivity index (χ0v) is 17.0. The number of benzene rings is 2. The van der Waals surface area contributed by atoms with Crippen molar-refractivity contribution < 1.29 is 15.0 Å². The van der Waals surface area contributed by atoms with Crippen LogP contribution in [0.2, 0.25) is 0 Å². The van der Waals surface area contributed by atoms with E-state index in [1.54, 1.807) is 4.90 Å². The van der Waals surface area contributed by atoms with Crippen molar-refractivity contribution in [1.29, 1.82) is 0 Å². The largest absolute Gasteiger partial charge is 0.396 e. The van der Waals surface area contributed by atoms with Gasteiger partial charge >= 0.3 is 0 Å². The highest BCUT2D eigenvalue weighted by Crippen LogP contribution is 2.25. The molecule has 29 heavy (non-hydrogen) atoms.